The molecule has 2 aromatic carbocycles. The van der Waals surface area contributed by atoms with Gasteiger partial charge in [-0.3, -0.25) is 5.41 Å². The van der Waals surface area contributed by atoms with Gasteiger partial charge >= 0.3 is 0 Å². The minimum absolute atomic E-state index is 0.0000184. The summed E-state index contributed by atoms with van der Waals surface area (Å²) in [5, 5.41) is 7.30. The molecule has 0 amide bonds. The van der Waals surface area contributed by atoms with Crippen LogP contribution in [0, 0.1) is 17.0 Å². The predicted octanol–water partition coefficient (Wildman–Crippen LogP) is 4.57. The standard InChI is InChI=1S/C13H8Br2F2N2O/c14-6-1-3-9(8(16)5-6)20-10-4-2-7(13(18)19)11(15)12(10)17/h1-5H,(H3,18,19). The highest BCUT2D eigenvalue weighted by Gasteiger charge is 2.16. The summed E-state index contributed by atoms with van der Waals surface area (Å²) in [7, 11) is 0. The quantitative estimate of drug-likeness (QED) is 0.580. The van der Waals surface area contributed by atoms with Crippen LogP contribution in [-0.2, 0) is 0 Å². The fourth-order valence-electron chi connectivity index (χ4n) is 1.50. The van der Waals surface area contributed by atoms with Gasteiger partial charge in [-0.15, -0.1) is 0 Å². The third-order valence-electron chi connectivity index (χ3n) is 2.45. The molecule has 0 fully saturated rings. The number of hydrogen-bond acceptors (Lipinski definition) is 2. The average Bonchev–Trinajstić information content (AvgIpc) is 2.37. The summed E-state index contributed by atoms with van der Waals surface area (Å²) in [4.78, 5) is 0. The number of nitrogen functional groups attached to an aromatic ring is 1. The van der Waals surface area contributed by atoms with Crippen molar-refractivity contribution in [3.8, 4) is 11.5 Å². The van der Waals surface area contributed by atoms with E-state index in [-0.39, 0.29) is 27.4 Å². The molecule has 0 bridgehead atoms. The van der Waals surface area contributed by atoms with Crippen molar-refractivity contribution in [3.05, 3.63) is 56.5 Å². The molecule has 104 valence electrons. The molecule has 3 N–H and O–H groups in total. The number of nitrogens with one attached hydrogen (secondary N) is 1. The largest absolute Gasteiger partial charge is 0.451 e. The lowest BCUT2D eigenvalue weighted by Crippen LogP contribution is -2.12. The normalized spacial score (nSPS) is 10.4. The van der Waals surface area contributed by atoms with Crippen LogP contribution in [0.5, 0.6) is 11.5 Å². The van der Waals surface area contributed by atoms with Gasteiger partial charge in [0.25, 0.3) is 0 Å². The molecule has 0 aliphatic rings. The van der Waals surface area contributed by atoms with Crippen LogP contribution in [-0.4, -0.2) is 5.84 Å². The Hall–Kier alpha value is -1.47. The molecule has 7 heteroatoms. The molecule has 2 aromatic rings. The Balaban J connectivity index is 2.39. The number of benzene rings is 2. The molecular weight excluding hydrogens is 398 g/mol. The maximum Gasteiger partial charge on any atom is 0.180 e. The van der Waals surface area contributed by atoms with E-state index in [1.807, 2.05) is 0 Å². The Morgan fingerprint density at radius 2 is 1.75 bits per heavy atom. The van der Waals surface area contributed by atoms with Crippen LogP contribution in [0.3, 0.4) is 0 Å². The molecule has 0 saturated heterocycles. The summed E-state index contributed by atoms with van der Waals surface area (Å²) >= 11 is 6.12. The minimum atomic E-state index is -0.750. The topological polar surface area (TPSA) is 59.1 Å². The van der Waals surface area contributed by atoms with E-state index in [9.17, 15) is 8.78 Å². The summed E-state index contributed by atoms with van der Waals surface area (Å²) in [6, 6.07) is 6.88. The van der Waals surface area contributed by atoms with Crippen molar-refractivity contribution in [2.75, 3.05) is 0 Å². The van der Waals surface area contributed by atoms with E-state index in [1.165, 1.54) is 24.3 Å². The van der Waals surface area contributed by atoms with E-state index >= 15 is 0 Å². The van der Waals surface area contributed by atoms with E-state index in [4.69, 9.17) is 15.9 Å². The summed E-state index contributed by atoms with van der Waals surface area (Å²) < 4.78 is 33.4. The van der Waals surface area contributed by atoms with Gasteiger partial charge in [0.15, 0.2) is 23.1 Å². The van der Waals surface area contributed by atoms with Crippen LogP contribution in [0.1, 0.15) is 5.56 Å². The zero-order valence-electron chi connectivity index (χ0n) is 9.88. The Morgan fingerprint density at radius 3 is 2.35 bits per heavy atom. The van der Waals surface area contributed by atoms with E-state index in [2.05, 4.69) is 31.9 Å². The Morgan fingerprint density at radius 1 is 1.10 bits per heavy atom. The number of amidine groups is 1. The van der Waals surface area contributed by atoms with Crippen molar-refractivity contribution < 1.29 is 13.5 Å². The van der Waals surface area contributed by atoms with Gasteiger partial charge in [0, 0.05) is 10.0 Å². The first kappa shape index (κ1) is 14.9. The first-order chi connectivity index (χ1) is 9.40. The van der Waals surface area contributed by atoms with Crippen LogP contribution in [0.15, 0.2) is 39.3 Å². The number of halogens is 4. The second-order valence-corrected chi connectivity index (χ2v) is 5.54. The van der Waals surface area contributed by atoms with E-state index < -0.39 is 11.6 Å². The van der Waals surface area contributed by atoms with Crippen LogP contribution in [0.2, 0.25) is 0 Å². The van der Waals surface area contributed by atoms with E-state index in [0.29, 0.717) is 4.47 Å². The number of ether oxygens (including phenoxy) is 1. The maximum absolute atomic E-state index is 14.1. The van der Waals surface area contributed by atoms with Crippen LogP contribution in [0.25, 0.3) is 0 Å². The average molecular weight is 406 g/mol. The zero-order chi connectivity index (χ0) is 14.9. The lowest BCUT2D eigenvalue weighted by molar-refractivity contribution is 0.413. The van der Waals surface area contributed by atoms with Gasteiger partial charge in [-0.05, 0) is 46.3 Å². The van der Waals surface area contributed by atoms with Gasteiger partial charge in [0.05, 0.1) is 4.47 Å². The first-order valence-electron chi connectivity index (χ1n) is 5.35. The lowest BCUT2D eigenvalue weighted by atomic mass is 10.2. The van der Waals surface area contributed by atoms with Crippen LogP contribution >= 0.6 is 31.9 Å². The Bertz CT molecular complexity index is 692. The third-order valence-corrected chi connectivity index (χ3v) is 3.72. The molecule has 0 aliphatic carbocycles. The molecule has 0 saturated carbocycles. The smallest absolute Gasteiger partial charge is 0.180 e. The zero-order valence-corrected chi connectivity index (χ0v) is 13.1. The molecule has 0 aliphatic heterocycles. The van der Waals surface area contributed by atoms with Crippen molar-refractivity contribution in [1.82, 2.24) is 0 Å². The second-order valence-electron chi connectivity index (χ2n) is 3.83. The Labute approximate surface area is 130 Å². The highest BCUT2D eigenvalue weighted by atomic mass is 79.9. The maximum atomic E-state index is 14.1. The van der Waals surface area contributed by atoms with Gasteiger partial charge in [0.1, 0.15) is 5.84 Å². The van der Waals surface area contributed by atoms with Crippen molar-refractivity contribution in [2.45, 2.75) is 0 Å². The fourth-order valence-corrected chi connectivity index (χ4v) is 2.37. The van der Waals surface area contributed by atoms with Crippen LogP contribution < -0.4 is 10.5 Å². The highest BCUT2D eigenvalue weighted by molar-refractivity contribution is 9.10. The molecule has 0 unspecified atom stereocenters. The summed E-state index contributed by atoms with van der Waals surface area (Å²) in [6.07, 6.45) is 0. The molecular formula is C13H8Br2F2N2O. The summed E-state index contributed by atoms with van der Waals surface area (Å²) in [6.45, 7) is 0. The van der Waals surface area contributed by atoms with Crippen molar-refractivity contribution in [1.29, 1.82) is 5.41 Å². The summed E-state index contributed by atoms with van der Waals surface area (Å²) in [5.41, 5.74) is 5.51. The highest BCUT2D eigenvalue weighted by Crippen LogP contribution is 2.33. The van der Waals surface area contributed by atoms with Gasteiger partial charge in [-0.2, -0.15) is 0 Å². The van der Waals surface area contributed by atoms with Crippen molar-refractivity contribution in [2.24, 2.45) is 5.73 Å². The molecule has 0 spiro atoms. The predicted molar refractivity (Wildman–Crippen MR) is 79.3 cm³/mol. The number of nitrogens with two attached hydrogens (primary N) is 1. The molecule has 0 radical (unpaired) electrons. The minimum Gasteiger partial charge on any atom is -0.451 e. The Kier molecular flexibility index (Phi) is 4.39. The molecule has 2 rings (SSSR count). The van der Waals surface area contributed by atoms with Crippen molar-refractivity contribution in [3.63, 3.8) is 0 Å². The lowest BCUT2D eigenvalue weighted by Gasteiger charge is -2.11. The molecule has 20 heavy (non-hydrogen) atoms. The number of hydrogen-bond donors (Lipinski definition) is 2. The van der Waals surface area contributed by atoms with Gasteiger partial charge in [-0.25, -0.2) is 8.78 Å². The molecule has 0 heterocycles. The number of rotatable bonds is 3. The van der Waals surface area contributed by atoms with Crippen LogP contribution in [0.4, 0.5) is 8.78 Å². The fraction of sp³-hybridized carbons (Fsp3) is 0. The van der Waals surface area contributed by atoms with Gasteiger partial charge < -0.3 is 10.5 Å². The third kappa shape index (κ3) is 2.99. The second kappa shape index (κ2) is 5.88. The molecule has 3 nitrogen and oxygen atoms in total. The van der Waals surface area contributed by atoms with Gasteiger partial charge in [0.2, 0.25) is 0 Å². The monoisotopic (exact) mass is 404 g/mol. The first-order valence-corrected chi connectivity index (χ1v) is 6.94. The van der Waals surface area contributed by atoms with Crippen molar-refractivity contribution >= 4 is 37.7 Å². The van der Waals surface area contributed by atoms with E-state index in [0.717, 1.165) is 0 Å². The van der Waals surface area contributed by atoms with E-state index in [1.54, 1.807) is 6.07 Å². The molecule has 0 aromatic heterocycles. The SMILES string of the molecule is N=C(N)c1ccc(Oc2ccc(Br)cc2F)c(F)c1Br. The summed E-state index contributed by atoms with van der Waals surface area (Å²) in [5.74, 6) is -1.92. The van der Waals surface area contributed by atoms with Gasteiger partial charge in [-0.1, -0.05) is 15.9 Å². The molecule has 0 atom stereocenters.